The topological polar surface area (TPSA) is 22.1 Å². The van der Waals surface area contributed by atoms with Crippen LogP contribution < -0.4 is 15.2 Å². The molecule has 0 aliphatic heterocycles. The lowest BCUT2D eigenvalue weighted by molar-refractivity contribution is 0.415. The molecule has 1 heterocycles. The minimum absolute atomic E-state index is 0.558. The van der Waals surface area contributed by atoms with E-state index in [9.17, 15) is 0 Å². The molecule has 0 unspecified atom stereocenters. The van der Waals surface area contributed by atoms with Gasteiger partial charge in [-0.1, -0.05) is 33.8 Å². The van der Waals surface area contributed by atoms with E-state index in [-0.39, 0.29) is 0 Å². The Balaban J connectivity index is 2.79. The van der Waals surface area contributed by atoms with E-state index in [1.54, 1.807) is 7.11 Å². The molecule has 22 heavy (non-hydrogen) atoms. The van der Waals surface area contributed by atoms with Crippen molar-refractivity contribution in [2.75, 3.05) is 7.11 Å². The molecule has 2 aromatic rings. The van der Waals surface area contributed by atoms with Crippen LogP contribution in [0, 0.1) is 3.57 Å². The van der Waals surface area contributed by atoms with Gasteiger partial charge in [-0.3, -0.25) is 4.98 Å². The molecule has 2 rings (SSSR count). The van der Waals surface area contributed by atoms with Crippen molar-refractivity contribution in [1.82, 2.24) is 4.98 Å². The maximum Gasteiger partial charge on any atom is 0.147 e. The molecule has 0 atom stereocenters. The average Bonchev–Trinajstić information content (AvgIpc) is 2.50. The summed E-state index contributed by atoms with van der Waals surface area (Å²) in [7, 11) is -0.256. The largest absolute Gasteiger partial charge is 0.497 e. The van der Waals surface area contributed by atoms with Gasteiger partial charge in [0, 0.05) is 15.1 Å². The lowest BCUT2D eigenvalue weighted by Crippen LogP contribution is -2.64. The van der Waals surface area contributed by atoms with Gasteiger partial charge in [0.15, 0.2) is 0 Å². The van der Waals surface area contributed by atoms with Gasteiger partial charge >= 0.3 is 0 Å². The van der Waals surface area contributed by atoms with Gasteiger partial charge < -0.3 is 4.74 Å². The van der Waals surface area contributed by atoms with E-state index in [0.717, 1.165) is 5.75 Å². The lowest BCUT2D eigenvalue weighted by atomic mass is 10.3. The van der Waals surface area contributed by atoms with Crippen LogP contribution in [0.2, 0.25) is 11.1 Å². The summed E-state index contributed by atoms with van der Waals surface area (Å²) in [6.45, 7) is 9.37. The highest BCUT2D eigenvalue weighted by molar-refractivity contribution is 14.1. The van der Waals surface area contributed by atoms with Crippen molar-refractivity contribution in [2.24, 2.45) is 0 Å². The van der Waals surface area contributed by atoms with E-state index >= 15 is 0 Å². The highest BCUT2D eigenvalue weighted by atomic mass is 127. The minimum atomic E-state index is -1.99. The minimum Gasteiger partial charge on any atom is -0.497 e. The number of aromatic nitrogens is 1. The zero-order valence-corrected chi connectivity index (χ0v) is 17.1. The first kappa shape index (κ1) is 17.5. The van der Waals surface area contributed by atoms with Crippen molar-refractivity contribution >= 4 is 41.2 Å². The summed E-state index contributed by atoms with van der Waals surface area (Å²) in [6.07, 6.45) is 1.93. The molecule has 0 N–H and O–H groups in total. The van der Waals surface area contributed by atoms with Crippen LogP contribution in [-0.2, 0) is 0 Å². The molecule has 0 spiro atoms. The molecule has 2 nitrogen and oxygen atoms in total. The van der Waals surface area contributed by atoms with E-state index in [2.05, 4.69) is 74.6 Å². The summed E-state index contributed by atoms with van der Waals surface area (Å²) in [6, 6.07) is 12.8. The van der Waals surface area contributed by atoms with Crippen LogP contribution in [-0.4, -0.2) is 20.2 Å². The molecular weight excluding hydrogens is 401 g/mol. The fourth-order valence-corrected chi connectivity index (χ4v) is 10.8. The van der Waals surface area contributed by atoms with Crippen molar-refractivity contribution < 1.29 is 4.74 Å². The van der Waals surface area contributed by atoms with Gasteiger partial charge in [0.1, 0.15) is 13.8 Å². The molecule has 1 aromatic carbocycles. The number of halogens is 1. The highest BCUT2D eigenvalue weighted by Gasteiger charge is 2.46. The van der Waals surface area contributed by atoms with E-state index in [1.807, 2.05) is 18.3 Å². The van der Waals surface area contributed by atoms with E-state index in [4.69, 9.17) is 9.72 Å². The van der Waals surface area contributed by atoms with Crippen LogP contribution in [0.25, 0.3) is 0 Å². The summed E-state index contributed by atoms with van der Waals surface area (Å²) in [4.78, 5) is 4.78. The molecule has 118 valence electrons. The van der Waals surface area contributed by atoms with Crippen molar-refractivity contribution in [1.29, 1.82) is 0 Å². The lowest BCUT2D eigenvalue weighted by Gasteiger charge is -2.40. The number of hydrogen-bond acceptors (Lipinski definition) is 2. The smallest absolute Gasteiger partial charge is 0.147 e. The highest BCUT2D eigenvalue weighted by Crippen LogP contribution is 2.33. The Bertz CT molecular complexity index is 620. The fourth-order valence-electron chi connectivity index (χ4n) is 3.57. The van der Waals surface area contributed by atoms with E-state index < -0.39 is 8.07 Å². The van der Waals surface area contributed by atoms with E-state index in [0.29, 0.717) is 11.1 Å². The Labute approximate surface area is 148 Å². The van der Waals surface area contributed by atoms with Crippen molar-refractivity contribution in [2.45, 2.75) is 38.8 Å². The third-order valence-corrected chi connectivity index (χ3v) is 12.1. The molecule has 0 radical (unpaired) electrons. The third kappa shape index (κ3) is 2.95. The fraction of sp³-hybridized carbons (Fsp3) is 0.389. The molecule has 0 aliphatic carbocycles. The number of rotatable bonds is 5. The molecule has 4 heteroatoms. The Morgan fingerprint density at radius 2 is 1.73 bits per heavy atom. The molecule has 0 saturated heterocycles. The van der Waals surface area contributed by atoms with Gasteiger partial charge in [0.25, 0.3) is 0 Å². The van der Waals surface area contributed by atoms with Crippen LogP contribution in [0.4, 0.5) is 0 Å². The first-order valence-corrected chi connectivity index (χ1v) is 10.9. The SMILES string of the molecule is COc1ccc(I)c([Si](c2ccccn2)(C(C)C)C(C)C)c1. The number of nitrogens with zero attached hydrogens (tertiary/aromatic N) is 1. The van der Waals surface area contributed by atoms with Crippen LogP contribution in [0.5, 0.6) is 5.75 Å². The Hall–Kier alpha value is -0.883. The quantitative estimate of drug-likeness (QED) is 0.532. The van der Waals surface area contributed by atoms with Crippen molar-refractivity contribution in [3.63, 3.8) is 0 Å². The van der Waals surface area contributed by atoms with Gasteiger partial charge in [-0.25, -0.2) is 0 Å². The van der Waals surface area contributed by atoms with Crippen molar-refractivity contribution in [3.05, 3.63) is 46.2 Å². The summed E-state index contributed by atoms with van der Waals surface area (Å²) >= 11 is 2.46. The predicted molar refractivity (Wildman–Crippen MR) is 105 cm³/mol. The second-order valence-electron chi connectivity index (χ2n) is 6.24. The molecule has 0 bridgehead atoms. The Morgan fingerprint density at radius 1 is 1.05 bits per heavy atom. The third-order valence-electron chi connectivity index (χ3n) is 4.53. The number of pyridine rings is 1. The molecule has 0 aliphatic rings. The van der Waals surface area contributed by atoms with Gasteiger partial charge in [0.2, 0.25) is 0 Å². The number of benzene rings is 1. The number of ether oxygens (including phenoxy) is 1. The average molecular weight is 425 g/mol. The summed E-state index contributed by atoms with van der Waals surface area (Å²) in [5.74, 6) is 0.935. The van der Waals surface area contributed by atoms with Crippen LogP contribution in [0.15, 0.2) is 42.6 Å². The van der Waals surface area contributed by atoms with Gasteiger partial charge in [-0.05, 0) is 69.2 Å². The van der Waals surface area contributed by atoms with Crippen LogP contribution >= 0.6 is 22.6 Å². The molecule has 1 aromatic heterocycles. The predicted octanol–water partition coefficient (Wildman–Crippen LogP) is 4.08. The molecule has 0 fully saturated rings. The molecular formula is C18H24INOSi. The first-order chi connectivity index (χ1) is 10.4. The van der Waals surface area contributed by atoms with Gasteiger partial charge in [-0.15, -0.1) is 0 Å². The van der Waals surface area contributed by atoms with Crippen LogP contribution in [0.1, 0.15) is 27.7 Å². The second-order valence-corrected chi connectivity index (χ2v) is 12.5. The zero-order valence-electron chi connectivity index (χ0n) is 13.9. The zero-order chi connectivity index (χ0) is 16.3. The van der Waals surface area contributed by atoms with Gasteiger partial charge in [0.05, 0.1) is 7.11 Å². The second kappa shape index (κ2) is 7.13. The number of hydrogen-bond donors (Lipinski definition) is 0. The number of methoxy groups -OCH3 is 1. The molecule has 0 amide bonds. The summed E-state index contributed by atoms with van der Waals surface area (Å²) in [5, 5.41) is 2.71. The van der Waals surface area contributed by atoms with Crippen molar-refractivity contribution in [3.8, 4) is 5.75 Å². The maximum atomic E-state index is 5.50. The monoisotopic (exact) mass is 425 g/mol. The van der Waals surface area contributed by atoms with E-state index in [1.165, 1.54) is 14.1 Å². The summed E-state index contributed by atoms with van der Waals surface area (Å²) < 4.78 is 6.82. The molecule has 0 saturated carbocycles. The normalized spacial score (nSPS) is 12.0. The Morgan fingerprint density at radius 3 is 2.23 bits per heavy atom. The first-order valence-electron chi connectivity index (χ1n) is 7.70. The maximum absolute atomic E-state index is 5.50. The van der Waals surface area contributed by atoms with Crippen LogP contribution in [0.3, 0.4) is 0 Å². The summed E-state index contributed by atoms with van der Waals surface area (Å²) in [5.41, 5.74) is 1.12. The standard InChI is InChI=1S/C18H24INOSi/c1-13(2)22(14(3)4,18-8-6-7-11-20-18)17-12-15(21-5)9-10-16(17)19/h6-14H,1-5H3. The Kier molecular flexibility index (Phi) is 5.66. The van der Waals surface area contributed by atoms with Gasteiger partial charge in [-0.2, -0.15) is 0 Å².